The second-order valence-electron chi connectivity index (χ2n) is 4.16. The van der Waals surface area contributed by atoms with Gasteiger partial charge in [0.15, 0.2) is 0 Å². The van der Waals surface area contributed by atoms with Gasteiger partial charge in [-0.15, -0.1) is 0 Å². The van der Waals surface area contributed by atoms with Crippen LogP contribution in [-0.4, -0.2) is 31.2 Å². The lowest BCUT2D eigenvalue weighted by Gasteiger charge is -2.26. The molecule has 0 aromatic heterocycles. The van der Waals surface area contributed by atoms with Crippen molar-refractivity contribution >= 4 is 5.91 Å². The summed E-state index contributed by atoms with van der Waals surface area (Å²) in [5.74, 6) is -0.363. The molecule has 4 nitrogen and oxygen atoms in total. The zero-order valence-corrected chi connectivity index (χ0v) is 9.01. The average molecular weight is 200 g/mol. The van der Waals surface area contributed by atoms with Crippen molar-refractivity contribution in [1.29, 1.82) is 0 Å². The van der Waals surface area contributed by atoms with Crippen LogP contribution < -0.4 is 11.1 Å². The van der Waals surface area contributed by atoms with Crippen LogP contribution in [-0.2, 0) is 9.53 Å². The van der Waals surface area contributed by atoms with Gasteiger partial charge in [-0.3, -0.25) is 4.79 Å². The molecule has 1 unspecified atom stereocenters. The van der Waals surface area contributed by atoms with Crippen LogP contribution >= 0.6 is 0 Å². The number of amides is 1. The van der Waals surface area contributed by atoms with Gasteiger partial charge in [0.25, 0.3) is 0 Å². The van der Waals surface area contributed by atoms with Gasteiger partial charge in [-0.25, -0.2) is 0 Å². The minimum atomic E-state index is -0.734. The first-order valence-corrected chi connectivity index (χ1v) is 5.19. The standard InChI is InChI=1S/C10H20N2O2/c1-10(12-2,9(11)13)7-14-8-5-3-4-6-8/h8,12H,3-7H2,1-2H3,(H2,11,13). The Morgan fingerprint density at radius 3 is 2.57 bits per heavy atom. The Kier molecular flexibility index (Phi) is 3.89. The maximum Gasteiger partial charge on any atom is 0.239 e. The number of primary amides is 1. The van der Waals surface area contributed by atoms with E-state index in [1.807, 2.05) is 0 Å². The fraction of sp³-hybridized carbons (Fsp3) is 0.900. The third-order valence-corrected chi connectivity index (χ3v) is 3.01. The number of likely N-dealkylation sites (N-methyl/N-ethyl adjacent to an activating group) is 1. The number of ether oxygens (including phenoxy) is 1. The van der Waals surface area contributed by atoms with Gasteiger partial charge in [0.05, 0.1) is 12.7 Å². The molecule has 0 heterocycles. The topological polar surface area (TPSA) is 64.3 Å². The maximum atomic E-state index is 11.1. The number of rotatable bonds is 5. The minimum absolute atomic E-state index is 0.321. The molecule has 0 aliphatic heterocycles. The van der Waals surface area contributed by atoms with E-state index < -0.39 is 5.54 Å². The van der Waals surface area contributed by atoms with Gasteiger partial charge >= 0.3 is 0 Å². The van der Waals surface area contributed by atoms with Crippen LogP contribution in [0.1, 0.15) is 32.6 Å². The lowest BCUT2D eigenvalue weighted by Crippen LogP contribution is -2.55. The molecule has 3 N–H and O–H groups in total. The second-order valence-corrected chi connectivity index (χ2v) is 4.16. The van der Waals surface area contributed by atoms with Crippen LogP contribution in [0.25, 0.3) is 0 Å². The van der Waals surface area contributed by atoms with Crippen molar-refractivity contribution in [1.82, 2.24) is 5.32 Å². The summed E-state index contributed by atoms with van der Waals surface area (Å²) < 4.78 is 5.66. The average Bonchev–Trinajstić information content (AvgIpc) is 2.66. The van der Waals surface area contributed by atoms with E-state index in [-0.39, 0.29) is 5.91 Å². The molecule has 1 fully saturated rings. The largest absolute Gasteiger partial charge is 0.376 e. The first-order valence-electron chi connectivity index (χ1n) is 5.19. The minimum Gasteiger partial charge on any atom is -0.376 e. The summed E-state index contributed by atoms with van der Waals surface area (Å²) in [6.45, 7) is 2.13. The van der Waals surface area contributed by atoms with Crippen molar-refractivity contribution in [3.8, 4) is 0 Å². The molecule has 0 radical (unpaired) electrons. The SMILES string of the molecule is CNC(C)(COC1CCCC1)C(N)=O. The molecule has 0 aromatic carbocycles. The van der Waals surface area contributed by atoms with Gasteiger partial charge in [-0.1, -0.05) is 12.8 Å². The molecule has 0 saturated heterocycles. The first kappa shape index (κ1) is 11.5. The summed E-state index contributed by atoms with van der Waals surface area (Å²) in [5.41, 5.74) is 4.55. The van der Waals surface area contributed by atoms with Gasteiger partial charge in [0.2, 0.25) is 5.91 Å². The molecule has 1 rings (SSSR count). The number of nitrogens with one attached hydrogen (secondary N) is 1. The summed E-state index contributed by atoms with van der Waals surface area (Å²) in [4.78, 5) is 11.1. The molecular formula is C10H20N2O2. The summed E-state index contributed by atoms with van der Waals surface area (Å²) in [6.07, 6.45) is 5.01. The highest BCUT2D eigenvalue weighted by Gasteiger charge is 2.30. The molecule has 0 aromatic rings. The second kappa shape index (κ2) is 4.75. The van der Waals surface area contributed by atoms with Crippen molar-refractivity contribution in [3.63, 3.8) is 0 Å². The zero-order valence-electron chi connectivity index (χ0n) is 9.01. The predicted molar refractivity (Wildman–Crippen MR) is 54.9 cm³/mol. The van der Waals surface area contributed by atoms with Crippen molar-refractivity contribution in [3.05, 3.63) is 0 Å². The number of nitrogens with two attached hydrogens (primary N) is 1. The van der Waals surface area contributed by atoms with Crippen LogP contribution in [0.15, 0.2) is 0 Å². The first-order chi connectivity index (χ1) is 6.58. The van der Waals surface area contributed by atoms with Gasteiger partial charge in [0, 0.05) is 0 Å². The van der Waals surface area contributed by atoms with E-state index in [9.17, 15) is 4.79 Å². The van der Waals surface area contributed by atoms with E-state index in [0.717, 1.165) is 12.8 Å². The summed E-state index contributed by atoms with van der Waals surface area (Å²) in [5, 5.41) is 2.90. The Hall–Kier alpha value is -0.610. The van der Waals surface area contributed by atoms with E-state index in [2.05, 4.69) is 5.32 Å². The number of carbonyl (C=O) groups excluding carboxylic acids is 1. The summed E-state index contributed by atoms with van der Waals surface area (Å²) >= 11 is 0. The predicted octanol–water partition coefficient (Wildman–Crippen LogP) is 0.409. The maximum absolute atomic E-state index is 11.1. The lowest BCUT2D eigenvalue weighted by atomic mass is 10.0. The molecule has 1 atom stereocenters. The highest BCUT2D eigenvalue weighted by atomic mass is 16.5. The molecule has 82 valence electrons. The van der Waals surface area contributed by atoms with E-state index in [0.29, 0.717) is 12.7 Å². The molecule has 1 saturated carbocycles. The third kappa shape index (κ3) is 2.69. The normalized spacial score (nSPS) is 22.1. The molecule has 1 aliphatic carbocycles. The Balaban J connectivity index is 2.36. The van der Waals surface area contributed by atoms with Crippen molar-refractivity contribution in [2.45, 2.75) is 44.2 Å². The van der Waals surface area contributed by atoms with E-state index in [1.54, 1.807) is 14.0 Å². The fourth-order valence-corrected chi connectivity index (χ4v) is 1.61. The highest BCUT2D eigenvalue weighted by molar-refractivity contribution is 5.84. The number of carbonyl (C=O) groups is 1. The quantitative estimate of drug-likeness (QED) is 0.675. The van der Waals surface area contributed by atoms with Crippen LogP contribution in [0, 0.1) is 0 Å². The summed E-state index contributed by atoms with van der Waals surface area (Å²) in [6, 6.07) is 0. The van der Waals surface area contributed by atoms with Gasteiger partial charge in [-0.2, -0.15) is 0 Å². The number of hydrogen-bond acceptors (Lipinski definition) is 3. The van der Waals surface area contributed by atoms with Gasteiger partial charge in [-0.05, 0) is 26.8 Å². The fourth-order valence-electron chi connectivity index (χ4n) is 1.61. The van der Waals surface area contributed by atoms with Crippen LogP contribution in [0.2, 0.25) is 0 Å². The van der Waals surface area contributed by atoms with Crippen LogP contribution in [0.5, 0.6) is 0 Å². The zero-order chi connectivity index (χ0) is 10.6. The molecular weight excluding hydrogens is 180 g/mol. The van der Waals surface area contributed by atoms with Gasteiger partial charge in [0.1, 0.15) is 5.54 Å². The number of hydrogen-bond donors (Lipinski definition) is 2. The summed E-state index contributed by atoms with van der Waals surface area (Å²) in [7, 11) is 1.72. The Morgan fingerprint density at radius 1 is 1.57 bits per heavy atom. The van der Waals surface area contributed by atoms with Crippen LogP contribution in [0.4, 0.5) is 0 Å². The Bertz CT molecular complexity index is 202. The smallest absolute Gasteiger partial charge is 0.239 e. The van der Waals surface area contributed by atoms with Crippen molar-refractivity contribution in [2.24, 2.45) is 5.73 Å². The molecule has 4 heteroatoms. The Morgan fingerprint density at radius 2 is 2.14 bits per heavy atom. The van der Waals surface area contributed by atoms with E-state index in [4.69, 9.17) is 10.5 Å². The van der Waals surface area contributed by atoms with Gasteiger partial charge < -0.3 is 15.8 Å². The van der Waals surface area contributed by atoms with E-state index in [1.165, 1.54) is 12.8 Å². The highest BCUT2D eigenvalue weighted by Crippen LogP contribution is 2.21. The lowest BCUT2D eigenvalue weighted by molar-refractivity contribution is -0.127. The van der Waals surface area contributed by atoms with Crippen molar-refractivity contribution < 1.29 is 9.53 Å². The van der Waals surface area contributed by atoms with Crippen molar-refractivity contribution in [2.75, 3.05) is 13.7 Å². The van der Waals surface area contributed by atoms with E-state index >= 15 is 0 Å². The van der Waals surface area contributed by atoms with Crippen LogP contribution in [0.3, 0.4) is 0 Å². The molecule has 1 amide bonds. The molecule has 1 aliphatic rings. The Labute approximate surface area is 85.2 Å². The third-order valence-electron chi connectivity index (χ3n) is 3.01. The molecule has 0 bridgehead atoms. The monoisotopic (exact) mass is 200 g/mol. The molecule has 14 heavy (non-hydrogen) atoms. The molecule has 0 spiro atoms.